The van der Waals surface area contributed by atoms with E-state index < -0.39 is 11.7 Å². The van der Waals surface area contributed by atoms with E-state index in [9.17, 15) is 9.59 Å². The van der Waals surface area contributed by atoms with Crippen molar-refractivity contribution >= 4 is 17.0 Å². The minimum Gasteiger partial charge on any atom is -0.497 e. The Kier molecular flexibility index (Phi) is 7.77. The minimum atomic E-state index is -0.554. The van der Waals surface area contributed by atoms with Gasteiger partial charge >= 0.3 is 6.09 Å². The SMILES string of the molecule is COc1ccc2c(OCCn3cc(-c4cccc(CNC(=O)OC(C)(C)C)c4)ccc3=O)ccnc2c1. The van der Waals surface area contributed by atoms with Crippen molar-refractivity contribution in [2.45, 2.75) is 39.5 Å². The number of fused-ring (bicyclic) bond motifs is 1. The first kappa shape index (κ1) is 25.8. The first-order valence-corrected chi connectivity index (χ1v) is 12.0. The zero-order chi connectivity index (χ0) is 26.4. The van der Waals surface area contributed by atoms with Crippen molar-refractivity contribution < 1.29 is 19.0 Å². The molecule has 0 atom stereocenters. The predicted octanol–water partition coefficient (Wildman–Crippen LogP) is 5.18. The number of nitrogens with zero attached hydrogens (tertiary/aromatic N) is 2. The summed E-state index contributed by atoms with van der Waals surface area (Å²) in [6.45, 7) is 6.50. The number of nitrogens with one attached hydrogen (secondary N) is 1. The van der Waals surface area contributed by atoms with Crippen LogP contribution >= 0.6 is 0 Å². The molecule has 0 aliphatic rings. The van der Waals surface area contributed by atoms with Crippen molar-refractivity contribution in [3.8, 4) is 22.6 Å². The quantitative estimate of drug-likeness (QED) is 0.358. The summed E-state index contributed by atoms with van der Waals surface area (Å²) in [6.07, 6.45) is 3.04. The highest BCUT2D eigenvalue weighted by Crippen LogP contribution is 2.27. The molecule has 37 heavy (non-hydrogen) atoms. The van der Waals surface area contributed by atoms with E-state index in [-0.39, 0.29) is 5.56 Å². The van der Waals surface area contributed by atoms with E-state index in [4.69, 9.17) is 14.2 Å². The normalized spacial score (nSPS) is 11.2. The standard InChI is InChI=1S/C29H31N3O5/c1-29(2,3)37-28(34)31-18-20-6-5-7-21(16-20)22-8-11-27(33)32(19-22)14-15-36-26-12-13-30-25-17-23(35-4)9-10-24(25)26/h5-13,16-17,19H,14-15,18H2,1-4H3,(H,31,34). The number of rotatable bonds is 8. The van der Waals surface area contributed by atoms with Crippen LogP contribution < -0.4 is 20.3 Å². The molecule has 0 unspecified atom stereocenters. The van der Waals surface area contributed by atoms with Crippen LogP contribution in [0, 0.1) is 0 Å². The molecule has 4 aromatic rings. The highest BCUT2D eigenvalue weighted by Gasteiger charge is 2.15. The number of methoxy groups -OCH3 is 1. The van der Waals surface area contributed by atoms with Crippen LogP contribution in [0.5, 0.6) is 11.5 Å². The number of hydrogen-bond acceptors (Lipinski definition) is 6. The van der Waals surface area contributed by atoms with Crippen molar-refractivity contribution in [2.24, 2.45) is 0 Å². The first-order valence-electron chi connectivity index (χ1n) is 12.0. The van der Waals surface area contributed by atoms with Crippen LogP contribution in [0.15, 0.2) is 77.9 Å². The number of hydrogen-bond donors (Lipinski definition) is 1. The summed E-state index contributed by atoms with van der Waals surface area (Å²) in [5.41, 5.74) is 2.86. The van der Waals surface area contributed by atoms with Crippen LogP contribution in [0.4, 0.5) is 4.79 Å². The largest absolute Gasteiger partial charge is 0.497 e. The van der Waals surface area contributed by atoms with Gasteiger partial charge in [0.1, 0.15) is 23.7 Å². The van der Waals surface area contributed by atoms with Crippen LogP contribution in [0.3, 0.4) is 0 Å². The third-order valence-corrected chi connectivity index (χ3v) is 5.58. The van der Waals surface area contributed by atoms with Gasteiger partial charge in [0.05, 0.1) is 19.2 Å². The molecule has 1 amide bonds. The van der Waals surface area contributed by atoms with Gasteiger partial charge in [-0.3, -0.25) is 9.78 Å². The third-order valence-electron chi connectivity index (χ3n) is 5.58. The summed E-state index contributed by atoms with van der Waals surface area (Å²) in [4.78, 5) is 28.9. The molecule has 2 aromatic heterocycles. The van der Waals surface area contributed by atoms with E-state index >= 15 is 0 Å². The van der Waals surface area contributed by atoms with Gasteiger partial charge in [0.15, 0.2) is 0 Å². The minimum absolute atomic E-state index is 0.112. The van der Waals surface area contributed by atoms with Crippen molar-refractivity contribution in [3.63, 3.8) is 0 Å². The van der Waals surface area contributed by atoms with Crippen LogP contribution in [0.25, 0.3) is 22.0 Å². The van der Waals surface area contributed by atoms with Crippen LogP contribution in [0.2, 0.25) is 0 Å². The fourth-order valence-electron chi connectivity index (χ4n) is 3.83. The van der Waals surface area contributed by atoms with Crippen molar-refractivity contribution in [1.29, 1.82) is 0 Å². The van der Waals surface area contributed by atoms with Gasteiger partial charge < -0.3 is 24.1 Å². The second kappa shape index (κ2) is 11.2. The number of pyridine rings is 2. The second-order valence-corrected chi connectivity index (χ2v) is 9.55. The fraction of sp³-hybridized carbons (Fsp3) is 0.276. The van der Waals surface area contributed by atoms with Gasteiger partial charge in [0.25, 0.3) is 5.56 Å². The fourth-order valence-corrected chi connectivity index (χ4v) is 3.83. The summed E-state index contributed by atoms with van der Waals surface area (Å²) in [5.74, 6) is 1.42. The highest BCUT2D eigenvalue weighted by atomic mass is 16.6. The summed E-state index contributed by atoms with van der Waals surface area (Å²) >= 11 is 0. The smallest absolute Gasteiger partial charge is 0.407 e. The van der Waals surface area contributed by atoms with E-state index in [1.54, 1.807) is 30.0 Å². The number of carbonyl (C=O) groups excluding carboxylic acids is 1. The van der Waals surface area contributed by atoms with Gasteiger partial charge in [-0.15, -0.1) is 0 Å². The lowest BCUT2D eigenvalue weighted by atomic mass is 10.0. The summed E-state index contributed by atoms with van der Waals surface area (Å²) in [7, 11) is 1.62. The molecule has 0 spiro atoms. The molecule has 0 aliphatic carbocycles. The lowest BCUT2D eigenvalue weighted by Crippen LogP contribution is -2.32. The maximum Gasteiger partial charge on any atom is 0.407 e. The van der Waals surface area contributed by atoms with Gasteiger partial charge in [0.2, 0.25) is 0 Å². The first-order chi connectivity index (χ1) is 17.7. The average Bonchev–Trinajstić information content (AvgIpc) is 2.87. The molecule has 2 heterocycles. The van der Waals surface area contributed by atoms with Gasteiger partial charge in [-0.25, -0.2) is 4.79 Å². The number of amides is 1. The maximum atomic E-state index is 12.5. The Morgan fingerprint density at radius 1 is 1.03 bits per heavy atom. The lowest BCUT2D eigenvalue weighted by molar-refractivity contribution is 0.0523. The Hall–Kier alpha value is -4.33. The molecule has 192 valence electrons. The van der Waals surface area contributed by atoms with Gasteiger partial charge in [0, 0.05) is 36.5 Å². The molecule has 4 rings (SSSR count). The molecular weight excluding hydrogens is 470 g/mol. The number of alkyl carbamates (subject to hydrolysis) is 1. The Morgan fingerprint density at radius 3 is 2.65 bits per heavy atom. The predicted molar refractivity (Wildman–Crippen MR) is 143 cm³/mol. The summed E-state index contributed by atoms with van der Waals surface area (Å²) in [6, 6.07) is 18.6. The number of carbonyl (C=O) groups is 1. The van der Waals surface area contributed by atoms with E-state index in [1.807, 2.05) is 75.5 Å². The molecule has 0 radical (unpaired) electrons. The number of benzene rings is 2. The average molecular weight is 502 g/mol. The Bertz CT molecular complexity index is 1460. The van der Waals surface area contributed by atoms with Crippen LogP contribution in [-0.2, 0) is 17.8 Å². The van der Waals surface area contributed by atoms with Gasteiger partial charge in [-0.05, 0) is 67.8 Å². The second-order valence-electron chi connectivity index (χ2n) is 9.55. The highest BCUT2D eigenvalue weighted by molar-refractivity contribution is 5.85. The van der Waals surface area contributed by atoms with Crippen molar-refractivity contribution in [3.05, 3.63) is 89.0 Å². The van der Waals surface area contributed by atoms with Crippen molar-refractivity contribution in [1.82, 2.24) is 14.9 Å². The third kappa shape index (κ3) is 6.88. The Labute approximate surface area is 215 Å². The monoisotopic (exact) mass is 501 g/mol. The molecule has 0 fully saturated rings. The molecule has 2 aromatic carbocycles. The molecule has 8 nitrogen and oxygen atoms in total. The zero-order valence-corrected chi connectivity index (χ0v) is 21.5. The van der Waals surface area contributed by atoms with E-state index in [0.29, 0.717) is 25.4 Å². The number of aromatic nitrogens is 2. The number of ether oxygens (including phenoxy) is 3. The zero-order valence-electron chi connectivity index (χ0n) is 21.5. The van der Waals surface area contributed by atoms with E-state index in [2.05, 4.69) is 10.3 Å². The molecule has 0 bridgehead atoms. The van der Waals surface area contributed by atoms with Gasteiger partial charge in [-0.2, -0.15) is 0 Å². The van der Waals surface area contributed by atoms with Gasteiger partial charge in [-0.1, -0.05) is 18.2 Å². The van der Waals surface area contributed by atoms with Crippen molar-refractivity contribution in [2.75, 3.05) is 13.7 Å². The molecule has 0 aliphatic heterocycles. The molecular formula is C29H31N3O5. The van der Waals surface area contributed by atoms with E-state index in [0.717, 1.165) is 33.3 Å². The topological polar surface area (TPSA) is 91.7 Å². The Morgan fingerprint density at radius 2 is 1.86 bits per heavy atom. The van der Waals surface area contributed by atoms with Crippen LogP contribution in [-0.4, -0.2) is 35.0 Å². The molecule has 8 heteroatoms. The molecule has 1 N–H and O–H groups in total. The maximum absolute atomic E-state index is 12.5. The lowest BCUT2D eigenvalue weighted by Gasteiger charge is -2.19. The Balaban J connectivity index is 1.43. The van der Waals surface area contributed by atoms with Crippen LogP contribution in [0.1, 0.15) is 26.3 Å². The molecule has 0 saturated carbocycles. The summed E-state index contributed by atoms with van der Waals surface area (Å²) in [5, 5.41) is 3.65. The molecule has 0 saturated heterocycles. The van der Waals surface area contributed by atoms with E-state index in [1.165, 1.54) is 0 Å². The summed E-state index contributed by atoms with van der Waals surface area (Å²) < 4.78 is 18.2.